The van der Waals surface area contributed by atoms with Crippen LogP contribution >= 0.6 is 23.2 Å². The van der Waals surface area contributed by atoms with E-state index in [1.165, 1.54) is 6.21 Å². The van der Waals surface area contributed by atoms with Crippen molar-refractivity contribution < 1.29 is 8.95 Å². The molecular weight excluding hydrogens is 417 g/mol. The monoisotopic (exact) mass is 435 g/mol. The first kappa shape index (κ1) is 20.7. The lowest BCUT2D eigenvalue weighted by molar-refractivity contribution is 0.302. The van der Waals surface area contributed by atoms with E-state index in [1.54, 1.807) is 18.3 Å². The molecular formula is C20H19Cl2N3O2S. The van der Waals surface area contributed by atoms with Gasteiger partial charge in [0.1, 0.15) is 28.5 Å². The minimum absolute atomic E-state index is 0.264. The number of hydrogen-bond acceptors (Lipinski definition) is 4. The molecule has 0 aliphatic heterocycles. The van der Waals surface area contributed by atoms with Crippen molar-refractivity contribution in [3.8, 4) is 5.75 Å². The first-order valence-electron chi connectivity index (χ1n) is 8.52. The van der Waals surface area contributed by atoms with E-state index in [2.05, 4.69) is 14.4 Å². The lowest BCUT2D eigenvalue weighted by atomic mass is 10.1. The molecule has 0 aliphatic rings. The topological polar surface area (TPSA) is 64.4 Å². The fourth-order valence-electron chi connectivity index (χ4n) is 2.27. The van der Waals surface area contributed by atoms with Crippen LogP contribution in [0, 0.1) is 0 Å². The molecule has 1 atom stereocenters. The van der Waals surface area contributed by atoms with E-state index in [0.717, 1.165) is 11.1 Å². The van der Waals surface area contributed by atoms with Crippen molar-refractivity contribution in [2.24, 2.45) is 4.40 Å². The van der Waals surface area contributed by atoms with Crippen LogP contribution in [0.1, 0.15) is 32.0 Å². The van der Waals surface area contributed by atoms with Gasteiger partial charge in [-0.25, -0.2) is 9.19 Å². The molecule has 1 aromatic carbocycles. The number of hydrogen-bond donors (Lipinski definition) is 0. The number of aromatic nitrogens is 2. The quantitative estimate of drug-likeness (QED) is 0.397. The first-order valence-corrected chi connectivity index (χ1v) is 10.4. The van der Waals surface area contributed by atoms with E-state index in [9.17, 15) is 4.21 Å². The molecule has 5 nitrogen and oxygen atoms in total. The molecule has 3 aromatic rings. The number of ether oxygens (including phenoxy) is 1. The molecule has 0 amide bonds. The third-order valence-corrected chi connectivity index (χ3v) is 5.70. The van der Waals surface area contributed by atoms with E-state index in [-0.39, 0.29) is 5.15 Å². The van der Waals surface area contributed by atoms with Gasteiger partial charge in [0.05, 0.1) is 21.0 Å². The Morgan fingerprint density at radius 2 is 2.00 bits per heavy atom. The van der Waals surface area contributed by atoms with Crippen molar-refractivity contribution in [3.05, 3.63) is 64.0 Å². The molecule has 0 radical (unpaired) electrons. The Morgan fingerprint density at radius 3 is 2.68 bits per heavy atom. The maximum Gasteiger partial charge on any atom is 0.144 e. The molecule has 0 N–H and O–H groups in total. The minimum atomic E-state index is -1.38. The van der Waals surface area contributed by atoms with E-state index in [0.29, 0.717) is 28.5 Å². The van der Waals surface area contributed by atoms with E-state index < -0.39 is 15.7 Å². The molecule has 2 heterocycles. The van der Waals surface area contributed by atoms with Gasteiger partial charge in [0.2, 0.25) is 0 Å². The molecule has 0 spiro atoms. The Balaban J connectivity index is 1.87. The van der Waals surface area contributed by atoms with Gasteiger partial charge in [0, 0.05) is 29.4 Å². The summed E-state index contributed by atoms with van der Waals surface area (Å²) in [5.41, 5.74) is 2.01. The largest absolute Gasteiger partial charge is 0.486 e. The molecule has 0 fully saturated rings. The summed E-state index contributed by atoms with van der Waals surface area (Å²) in [6.45, 7) is 5.86. The molecule has 146 valence electrons. The van der Waals surface area contributed by atoms with Crippen molar-refractivity contribution in [2.75, 3.05) is 0 Å². The van der Waals surface area contributed by atoms with Crippen molar-refractivity contribution in [2.45, 2.75) is 32.1 Å². The second-order valence-electron chi connectivity index (χ2n) is 7.05. The van der Waals surface area contributed by atoms with Gasteiger partial charge in [-0.15, -0.1) is 0 Å². The van der Waals surface area contributed by atoms with Crippen molar-refractivity contribution >= 4 is 51.3 Å². The van der Waals surface area contributed by atoms with Gasteiger partial charge in [0.25, 0.3) is 0 Å². The zero-order chi connectivity index (χ0) is 20.3. The lowest BCUT2D eigenvalue weighted by Crippen LogP contribution is -2.19. The number of halogens is 2. The Morgan fingerprint density at radius 1 is 1.21 bits per heavy atom. The number of rotatable bonds is 5. The zero-order valence-electron chi connectivity index (χ0n) is 15.6. The molecule has 8 heteroatoms. The van der Waals surface area contributed by atoms with Crippen molar-refractivity contribution in [1.29, 1.82) is 0 Å². The van der Waals surface area contributed by atoms with Crippen LogP contribution < -0.4 is 4.74 Å². The third-order valence-electron chi connectivity index (χ3n) is 3.76. The summed E-state index contributed by atoms with van der Waals surface area (Å²) in [6, 6.07) is 10.9. The van der Waals surface area contributed by atoms with Crippen molar-refractivity contribution in [1.82, 2.24) is 9.97 Å². The summed E-state index contributed by atoms with van der Waals surface area (Å²) in [5, 5.41) is 1.50. The predicted octanol–water partition coefficient (Wildman–Crippen LogP) is 5.40. The molecule has 0 saturated carbocycles. The van der Waals surface area contributed by atoms with Gasteiger partial charge >= 0.3 is 0 Å². The Bertz CT molecular complexity index is 1050. The van der Waals surface area contributed by atoms with Gasteiger partial charge in [-0.1, -0.05) is 29.3 Å². The number of nitrogens with zero attached hydrogens (tertiary/aromatic N) is 3. The number of fused-ring (bicyclic) bond motifs is 1. The second kappa shape index (κ2) is 8.55. The van der Waals surface area contributed by atoms with E-state index in [4.69, 9.17) is 27.9 Å². The normalized spacial score (nSPS) is 13.2. The fourth-order valence-corrected chi connectivity index (χ4v) is 3.21. The average molecular weight is 436 g/mol. The van der Waals surface area contributed by atoms with E-state index in [1.807, 2.05) is 45.0 Å². The Hall–Kier alpha value is -2.02. The van der Waals surface area contributed by atoms with Gasteiger partial charge in [-0.2, -0.15) is 4.40 Å². The zero-order valence-corrected chi connectivity index (χ0v) is 18.0. The highest BCUT2D eigenvalue weighted by Gasteiger charge is 2.18. The first-order chi connectivity index (χ1) is 13.2. The summed E-state index contributed by atoms with van der Waals surface area (Å²) in [4.78, 5) is 8.61. The number of pyridine rings is 2. The van der Waals surface area contributed by atoms with Crippen LogP contribution in [0.5, 0.6) is 5.75 Å². The summed E-state index contributed by atoms with van der Waals surface area (Å²) >= 11 is 12.6. The fraction of sp³-hybridized carbons (Fsp3) is 0.250. The smallest absolute Gasteiger partial charge is 0.144 e. The SMILES string of the molecule is CC(C)(C)[S@@](=O)/N=C/c1cc2cc(Cl)c(OCc3ccccn3)cc2nc1Cl. The summed E-state index contributed by atoms with van der Waals surface area (Å²) in [5.74, 6) is 0.499. The van der Waals surface area contributed by atoms with Crippen LogP contribution in [-0.4, -0.2) is 25.1 Å². The summed E-state index contributed by atoms with van der Waals surface area (Å²) < 4.78 is 21.5. The van der Waals surface area contributed by atoms with Gasteiger partial charge in [0.15, 0.2) is 0 Å². The summed E-state index contributed by atoms with van der Waals surface area (Å²) in [6.07, 6.45) is 3.19. The molecule has 0 aliphatic carbocycles. The molecule has 2 aromatic heterocycles. The van der Waals surface area contributed by atoms with Crippen LogP contribution in [-0.2, 0) is 17.6 Å². The maximum absolute atomic E-state index is 12.1. The average Bonchev–Trinajstić information content (AvgIpc) is 2.65. The summed E-state index contributed by atoms with van der Waals surface area (Å²) in [7, 11) is -1.38. The van der Waals surface area contributed by atoms with Crippen molar-refractivity contribution in [3.63, 3.8) is 0 Å². The maximum atomic E-state index is 12.1. The minimum Gasteiger partial charge on any atom is -0.486 e. The van der Waals surface area contributed by atoms with E-state index >= 15 is 0 Å². The Labute approximate surface area is 176 Å². The highest BCUT2D eigenvalue weighted by atomic mass is 35.5. The van der Waals surface area contributed by atoms with Crippen LogP contribution in [0.4, 0.5) is 0 Å². The molecule has 3 rings (SSSR count). The molecule has 0 unspecified atom stereocenters. The second-order valence-corrected chi connectivity index (χ2v) is 9.75. The molecule has 0 bridgehead atoms. The number of benzene rings is 1. The highest BCUT2D eigenvalue weighted by molar-refractivity contribution is 7.85. The standard InChI is InChI=1S/C20H19Cl2N3O2S/c1-20(2,3)28(26)24-11-14-8-13-9-16(21)18(10-17(13)25-19(14)22)27-12-15-6-4-5-7-23-15/h4-11H,12H2,1-3H3/b24-11+/t28-/m1/s1. The third kappa shape index (κ3) is 5.07. The van der Waals surface area contributed by atoms with Gasteiger partial charge in [-0.05, 0) is 45.0 Å². The predicted molar refractivity (Wildman–Crippen MR) is 116 cm³/mol. The highest BCUT2D eigenvalue weighted by Crippen LogP contribution is 2.31. The van der Waals surface area contributed by atoms with Crippen LogP contribution in [0.3, 0.4) is 0 Å². The molecule has 0 saturated heterocycles. The lowest BCUT2D eigenvalue weighted by Gasteiger charge is -2.13. The van der Waals surface area contributed by atoms with Gasteiger partial charge in [-0.3, -0.25) is 4.98 Å². The van der Waals surface area contributed by atoms with Crippen LogP contribution in [0.2, 0.25) is 10.2 Å². The molecule has 28 heavy (non-hydrogen) atoms. The van der Waals surface area contributed by atoms with Crippen LogP contribution in [0.15, 0.2) is 47.0 Å². The van der Waals surface area contributed by atoms with Crippen LogP contribution in [0.25, 0.3) is 10.9 Å². The Kier molecular flexibility index (Phi) is 6.33. The van der Waals surface area contributed by atoms with Gasteiger partial charge < -0.3 is 4.74 Å².